The van der Waals surface area contributed by atoms with Crippen molar-refractivity contribution in [2.24, 2.45) is 0 Å². The Morgan fingerprint density at radius 3 is 2.85 bits per heavy atom. The van der Waals surface area contributed by atoms with E-state index in [1.807, 2.05) is 59.5 Å². The van der Waals surface area contributed by atoms with Crippen molar-refractivity contribution in [2.45, 2.75) is 18.6 Å². The van der Waals surface area contributed by atoms with E-state index in [0.717, 1.165) is 16.1 Å². The zero-order valence-corrected chi connectivity index (χ0v) is 20.1. The van der Waals surface area contributed by atoms with Crippen LogP contribution in [0.25, 0.3) is 5.69 Å². The summed E-state index contributed by atoms with van der Waals surface area (Å²) in [6.07, 6.45) is 3.48. The molecule has 0 radical (unpaired) electrons. The summed E-state index contributed by atoms with van der Waals surface area (Å²) in [5.74, 6) is -0.110. The maximum absolute atomic E-state index is 12.6. The van der Waals surface area contributed by atoms with Gasteiger partial charge in [-0.25, -0.2) is 4.98 Å². The van der Waals surface area contributed by atoms with Gasteiger partial charge in [0.15, 0.2) is 5.16 Å². The molecular weight excluding hydrogens is 476 g/mol. The normalized spacial score (nSPS) is 10.7. The van der Waals surface area contributed by atoms with E-state index in [1.165, 1.54) is 11.8 Å². The van der Waals surface area contributed by atoms with Crippen molar-refractivity contribution in [3.8, 4) is 5.69 Å². The lowest BCUT2D eigenvalue weighted by atomic mass is 10.2. The van der Waals surface area contributed by atoms with E-state index in [4.69, 9.17) is 11.6 Å². The molecule has 0 saturated heterocycles. The summed E-state index contributed by atoms with van der Waals surface area (Å²) >= 11 is 8.95. The molecule has 0 fully saturated rings. The molecule has 33 heavy (non-hydrogen) atoms. The number of thioether (sulfide) groups is 1. The van der Waals surface area contributed by atoms with E-state index in [-0.39, 0.29) is 17.6 Å². The summed E-state index contributed by atoms with van der Waals surface area (Å²) in [7, 11) is 0. The summed E-state index contributed by atoms with van der Waals surface area (Å²) in [6, 6.07) is 16.6. The minimum Gasteiger partial charge on any atom is -0.347 e. The predicted molar refractivity (Wildman–Crippen MR) is 135 cm³/mol. The lowest BCUT2D eigenvalue weighted by Crippen LogP contribution is -2.22. The highest BCUT2D eigenvalue weighted by molar-refractivity contribution is 7.99. The van der Waals surface area contributed by atoms with Crippen molar-refractivity contribution >= 4 is 52.2 Å². The standard InChI is InChI=1S/C24H21ClN4O2S2/c1-16-7-8-18(25)13-21(16)28-22(30)15-33-24-26-9-10-29(24)19-5-2-4-17(12-19)23(31)27-14-20-6-3-11-32-20/h2-13H,14-15H2,1H3,(H,27,31)(H,28,30). The summed E-state index contributed by atoms with van der Waals surface area (Å²) in [4.78, 5) is 30.5. The van der Waals surface area contributed by atoms with Crippen LogP contribution in [0.3, 0.4) is 0 Å². The first-order chi connectivity index (χ1) is 16.0. The maximum Gasteiger partial charge on any atom is 0.251 e. The van der Waals surface area contributed by atoms with E-state index >= 15 is 0 Å². The number of amides is 2. The van der Waals surface area contributed by atoms with E-state index in [9.17, 15) is 9.59 Å². The number of rotatable bonds is 8. The number of anilines is 1. The number of carbonyl (C=O) groups is 2. The average Bonchev–Trinajstić information content (AvgIpc) is 3.51. The first-order valence-corrected chi connectivity index (χ1v) is 12.4. The van der Waals surface area contributed by atoms with Crippen molar-refractivity contribution in [1.82, 2.24) is 14.9 Å². The number of aryl methyl sites for hydroxylation is 1. The number of nitrogens with one attached hydrogen (secondary N) is 2. The topological polar surface area (TPSA) is 76.0 Å². The first kappa shape index (κ1) is 23.1. The third-order valence-electron chi connectivity index (χ3n) is 4.80. The zero-order valence-electron chi connectivity index (χ0n) is 17.7. The molecule has 0 atom stereocenters. The molecule has 2 heterocycles. The number of benzene rings is 2. The molecule has 0 aliphatic heterocycles. The molecule has 0 aliphatic rings. The van der Waals surface area contributed by atoms with Crippen molar-refractivity contribution < 1.29 is 9.59 Å². The van der Waals surface area contributed by atoms with Crippen LogP contribution in [0.5, 0.6) is 0 Å². The van der Waals surface area contributed by atoms with Crippen molar-refractivity contribution in [3.05, 3.63) is 93.4 Å². The molecule has 2 aromatic heterocycles. The Hall–Kier alpha value is -3.07. The smallest absolute Gasteiger partial charge is 0.251 e. The number of aromatic nitrogens is 2. The average molecular weight is 497 g/mol. The molecule has 9 heteroatoms. The fourth-order valence-electron chi connectivity index (χ4n) is 3.12. The predicted octanol–water partition coefficient (Wildman–Crippen LogP) is 5.56. The number of hydrogen-bond acceptors (Lipinski definition) is 5. The van der Waals surface area contributed by atoms with Crippen molar-refractivity contribution in [3.63, 3.8) is 0 Å². The molecule has 2 amide bonds. The minimum absolute atomic E-state index is 0.143. The van der Waals surface area contributed by atoms with Crippen LogP contribution in [-0.4, -0.2) is 27.1 Å². The minimum atomic E-state index is -0.151. The molecule has 0 aliphatic carbocycles. The number of carbonyl (C=O) groups excluding carboxylic acids is 2. The van der Waals surface area contributed by atoms with Crippen LogP contribution in [0, 0.1) is 6.92 Å². The summed E-state index contributed by atoms with van der Waals surface area (Å²) in [5, 5.41) is 9.04. The number of hydrogen-bond donors (Lipinski definition) is 2. The summed E-state index contributed by atoms with van der Waals surface area (Å²) in [5.41, 5.74) is 2.99. The van der Waals surface area contributed by atoms with Crippen LogP contribution in [0.2, 0.25) is 5.02 Å². The highest BCUT2D eigenvalue weighted by Crippen LogP contribution is 2.23. The van der Waals surface area contributed by atoms with Gasteiger partial charge in [-0.2, -0.15) is 0 Å². The molecule has 0 unspecified atom stereocenters. The van der Waals surface area contributed by atoms with Crippen LogP contribution in [-0.2, 0) is 11.3 Å². The Kier molecular flexibility index (Phi) is 7.49. The van der Waals surface area contributed by atoms with Crippen LogP contribution >= 0.6 is 34.7 Å². The van der Waals surface area contributed by atoms with Gasteiger partial charge in [-0.15, -0.1) is 11.3 Å². The van der Waals surface area contributed by atoms with Crippen LogP contribution < -0.4 is 10.6 Å². The highest BCUT2D eigenvalue weighted by atomic mass is 35.5. The zero-order chi connectivity index (χ0) is 23.2. The summed E-state index contributed by atoms with van der Waals surface area (Å²) < 4.78 is 1.86. The fourth-order valence-corrected chi connectivity index (χ4v) is 4.71. The third kappa shape index (κ3) is 6.04. The monoisotopic (exact) mass is 496 g/mol. The van der Waals surface area contributed by atoms with Crippen LogP contribution in [0.4, 0.5) is 5.69 Å². The van der Waals surface area contributed by atoms with Crippen LogP contribution in [0.15, 0.2) is 77.5 Å². The molecule has 168 valence electrons. The van der Waals surface area contributed by atoms with E-state index < -0.39 is 0 Å². The number of imidazole rings is 1. The third-order valence-corrected chi connectivity index (χ3v) is 6.88. The van der Waals surface area contributed by atoms with Gasteiger partial charge >= 0.3 is 0 Å². The largest absolute Gasteiger partial charge is 0.347 e. The molecule has 4 rings (SSSR count). The van der Waals surface area contributed by atoms with Gasteiger partial charge in [0, 0.05) is 39.2 Å². The lowest BCUT2D eigenvalue weighted by Gasteiger charge is -2.11. The van der Waals surface area contributed by atoms with Gasteiger partial charge < -0.3 is 10.6 Å². The van der Waals surface area contributed by atoms with Gasteiger partial charge in [0.2, 0.25) is 5.91 Å². The number of thiophene rings is 1. The van der Waals surface area contributed by atoms with Crippen molar-refractivity contribution in [2.75, 3.05) is 11.1 Å². The SMILES string of the molecule is Cc1ccc(Cl)cc1NC(=O)CSc1nccn1-c1cccc(C(=O)NCc2cccs2)c1. The first-order valence-electron chi connectivity index (χ1n) is 10.1. The van der Waals surface area contributed by atoms with Gasteiger partial charge in [0.25, 0.3) is 5.91 Å². The molecule has 2 N–H and O–H groups in total. The Morgan fingerprint density at radius 1 is 1.15 bits per heavy atom. The second-order valence-electron chi connectivity index (χ2n) is 7.19. The second kappa shape index (κ2) is 10.7. The second-order valence-corrected chi connectivity index (χ2v) is 9.60. The van der Waals surface area contributed by atoms with E-state index in [1.54, 1.807) is 35.7 Å². The lowest BCUT2D eigenvalue weighted by molar-refractivity contribution is -0.113. The highest BCUT2D eigenvalue weighted by Gasteiger charge is 2.12. The number of halogens is 1. The maximum atomic E-state index is 12.6. The van der Waals surface area contributed by atoms with Gasteiger partial charge in [0.1, 0.15) is 0 Å². The quantitative estimate of drug-likeness (QED) is 0.313. The van der Waals surface area contributed by atoms with Gasteiger partial charge in [-0.05, 0) is 54.3 Å². The van der Waals surface area contributed by atoms with Gasteiger partial charge in [0.05, 0.1) is 12.3 Å². The Balaban J connectivity index is 1.40. The van der Waals surface area contributed by atoms with E-state index in [0.29, 0.717) is 28.0 Å². The Labute approximate surface area is 205 Å². The van der Waals surface area contributed by atoms with Gasteiger partial charge in [-0.1, -0.05) is 41.6 Å². The molecule has 0 bridgehead atoms. The molecule has 0 spiro atoms. The van der Waals surface area contributed by atoms with Crippen LogP contribution in [0.1, 0.15) is 20.8 Å². The van der Waals surface area contributed by atoms with E-state index in [2.05, 4.69) is 15.6 Å². The Morgan fingerprint density at radius 2 is 2.03 bits per heavy atom. The fraction of sp³-hybridized carbons (Fsp3) is 0.125. The molecule has 2 aromatic carbocycles. The van der Waals surface area contributed by atoms with Crippen molar-refractivity contribution in [1.29, 1.82) is 0 Å². The Bertz CT molecular complexity index is 1270. The molecule has 6 nitrogen and oxygen atoms in total. The van der Waals surface area contributed by atoms with Gasteiger partial charge in [-0.3, -0.25) is 14.2 Å². The number of nitrogens with zero attached hydrogens (tertiary/aromatic N) is 2. The summed E-state index contributed by atoms with van der Waals surface area (Å²) in [6.45, 7) is 2.41. The molecule has 4 aromatic rings. The molecular formula is C24H21ClN4O2S2. The molecule has 0 saturated carbocycles.